The van der Waals surface area contributed by atoms with Gasteiger partial charge in [0.05, 0.1) is 17.4 Å². The Balaban J connectivity index is 3.45. The number of carbonyl (C=O) groups is 1. The van der Waals surface area contributed by atoms with Crippen molar-refractivity contribution in [1.29, 1.82) is 0 Å². The van der Waals surface area contributed by atoms with E-state index in [1.165, 1.54) is 12.4 Å². The summed E-state index contributed by atoms with van der Waals surface area (Å²) in [7, 11) is 0. The number of aromatic nitrogens is 1. The van der Waals surface area contributed by atoms with E-state index in [0.29, 0.717) is 11.3 Å². The average molecular weight is 194 g/mol. The van der Waals surface area contributed by atoms with Crippen LogP contribution in [0.5, 0.6) is 0 Å². The van der Waals surface area contributed by atoms with Gasteiger partial charge in [-0.25, -0.2) is 4.79 Å². The molecule has 0 saturated carbocycles. The van der Waals surface area contributed by atoms with Crippen LogP contribution in [0.3, 0.4) is 0 Å². The zero-order chi connectivity index (χ0) is 10.9. The first kappa shape index (κ1) is 10.5. The Labute approximate surface area is 82.8 Å². The van der Waals surface area contributed by atoms with Crippen LogP contribution in [0.4, 0.5) is 5.69 Å². The van der Waals surface area contributed by atoms with E-state index in [2.05, 4.69) is 4.98 Å². The number of aromatic carboxylic acids is 1. The second-order valence-corrected chi connectivity index (χ2v) is 4.21. The van der Waals surface area contributed by atoms with Crippen LogP contribution in [0, 0.1) is 0 Å². The molecule has 0 aliphatic heterocycles. The summed E-state index contributed by atoms with van der Waals surface area (Å²) >= 11 is 0. The third-order valence-corrected chi connectivity index (χ3v) is 1.96. The van der Waals surface area contributed by atoms with E-state index < -0.39 is 5.97 Å². The number of anilines is 1. The maximum atomic E-state index is 10.9. The number of nitrogens with zero attached hydrogens (tertiary/aromatic N) is 1. The molecule has 0 amide bonds. The van der Waals surface area contributed by atoms with E-state index in [1.807, 2.05) is 20.8 Å². The van der Waals surface area contributed by atoms with Gasteiger partial charge in [0.2, 0.25) is 0 Å². The Hall–Kier alpha value is -1.58. The normalized spacial score (nSPS) is 11.4. The Morgan fingerprint density at radius 1 is 1.43 bits per heavy atom. The number of hydrogen-bond donors (Lipinski definition) is 2. The fourth-order valence-electron chi connectivity index (χ4n) is 1.48. The number of carboxylic acid groups (broad SMARTS) is 1. The van der Waals surface area contributed by atoms with Crippen LogP contribution in [0.2, 0.25) is 0 Å². The molecule has 0 bridgehead atoms. The van der Waals surface area contributed by atoms with Crippen molar-refractivity contribution < 1.29 is 9.90 Å². The summed E-state index contributed by atoms with van der Waals surface area (Å²) in [5.41, 5.74) is 6.67. The molecule has 0 unspecified atom stereocenters. The predicted octanol–water partition coefficient (Wildman–Crippen LogP) is 1.66. The average Bonchev–Trinajstić information content (AvgIpc) is 2.01. The van der Waals surface area contributed by atoms with Crippen LogP contribution < -0.4 is 5.73 Å². The summed E-state index contributed by atoms with van der Waals surface area (Å²) in [5, 5.41) is 8.96. The fourth-order valence-corrected chi connectivity index (χ4v) is 1.48. The molecule has 1 aromatic heterocycles. The van der Waals surface area contributed by atoms with E-state index in [1.54, 1.807) is 0 Å². The lowest BCUT2D eigenvalue weighted by molar-refractivity contribution is 0.0694. The van der Waals surface area contributed by atoms with Crippen molar-refractivity contribution in [3.05, 3.63) is 23.5 Å². The first-order valence-electron chi connectivity index (χ1n) is 4.31. The molecule has 1 heterocycles. The minimum Gasteiger partial charge on any atom is -0.478 e. The van der Waals surface area contributed by atoms with Crippen LogP contribution in [0.15, 0.2) is 12.4 Å². The monoisotopic (exact) mass is 194 g/mol. The van der Waals surface area contributed by atoms with E-state index in [4.69, 9.17) is 10.8 Å². The largest absolute Gasteiger partial charge is 0.478 e. The summed E-state index contributed by atoms with van der Waals surface area (Å²) in [6, 6.07) is 0. The summed E-state index contributed by atoms with van der Waals surface area (Å²) in [6.07, 6.45) is 2.81. The molecule has 1 rings (SSSR count). The number of nitrogen functional groups attached to an aromatic ring is 1. The van der Waals surface area contributed by atoms with E-state index >= 15 is 0 Å². The van der Waals surface area contributed by atoms with Gasteiger partial charge in [0.1, 0.15) is 0 Å². The minimum atomic E-state index is -0.991. The Morgan fingerprint density at radius 3 is 2.36 bits per heavy atom. The molecule has 4 nitrogen and oxygen atoms in total. The minimum absolute atomic E-state index is 0.178. The molecule has 14 heavy (non-hydrogen) atoms. The Kier molecular flexibility index (Phi) is 2.47. The van der Waals surface area contributed by atoms with Crippen LogP contribution in [0.1, 0.15) is 36.7 Å². The predicted molar refractivity (Wildman–Crippen MR) is 54.3 cm³/mol. The summed E-state index contributed by atoms with van der Waals surface area (Å²) in [5.74, 6) is -0.991. The molecule has 0 aromatic carbocycles. The topological polar surface area (TPSA) is 76.2 Å². The van der Waals surface area contributed by atoms with E-state index in [9.17, 15) is 4.79 Å². The van der Waals surface area contributed by atoms with Gasteiger partial charge in [0.25, 0.3) is 0 Å². The molecular formula is C10H14N2O2. The lowest BCUT2D eigenvalue weighted by Crippen LogP contribution is -2.19. The highest BCUT2D eigenvalue weighted by atomic mass is 16.4. The number of nitrogens with two attached hydrogens (primary N) is 1. The number of pyridine rings is 1. The number of hydrogen-bond acceptors (Lipinski definition) is 3. The fraction of sp³-hybridized carbons (Fsp3) is 0.400. The van der Waals surface area contributed by atoms with E-state index in [0.717, 1.165) is 0 Å². The van der Waals surface area contributed by atoms with Gasteiger partial charge < -0.3 is 10.8 Å². The van der Waals surface area contributed by atoms with Crippen molar-refractivity contribution in [2.75, 3.05) is 5.73 Å². The molecule has 0 fully saturated rings. The third-order valence-electron chi connectivity index (χ3n) is 1.96. The zero-order valence-electron chi connectivity index (χ0n) is 8.53. The summed E-state index contributed by atoms with van der Waals surface area (Å²) < 4.78 is 0. The molecule has 0 spiro atoms. The lowest BCUT2D eigenvalue weighted by atomic mass is 9.83. The van der Waals surface area contributed by atoms with Gasteiger partial charge in [-0.15, -0.1) is 0 Å². The molecule has 4 heteroatoms. The van der Waals surface area contributed by atoms with Crippen molar-refractivity contribution in [2.45, 2.75) is 26.2 Å². The third kappa shape index (κ3) is 1.84. The number of rotatable bonds is 1. The SMILES string of the molecule is CC(C)(C)c1c(N)cncc1C(=O)O. The molecule has 3 N–H and O–H groups in total. The molecule has 0 atom stereocenters. The van der Waals surface area contributed by atoms with Gasteiger partial charge in [0, 0.05) is 6.20 Å². The highest BCUT2D eigenvalue weighted by molar-refractivity contribution is 5.91. The van der Waals surface area contributed by atoms with Gasteiger partial charge >= 0.3 is 5.97 Å². The Bertz CT molecular complexity index is 367. The van der Waals surface area contributed by atoms with Gasteiger partial charge in [-0.05, 0) is 11.0 Å². The molecule has 76 valence electrons. The molecule has 0 aliphatic carbocycles. The van der Waals surface area contributed by atoms with Crippen LogP contribution in [-0.4, -0.2) is 16.1 Å². The van der Waals surface area contributed by atoms with Gasteiger partial charge in [0.15, 0.2) is 0 Å². The summed E-state index contributed by atoms with van der Waals surface area (Å²) in [4.78, 5) is 14.7. The molecule has 0 radical (unpaired) electrons. The van der Waals surface area contributed by atoms with Crippen molar-refractivity contribution in [3.63, 3.8) is 0 Å². The van der Waals surface area contributed by atoms with Crippen molar-refractivity contribution in [1.82, 2.24) is 4.98 Å². The first-order chi connectivity index (χ1) is 6.34. The van der Waals surface area contributed by atoms with Crippen LogP contribution in [-0.2, 0) is 5.41 Å². The van der Waals surface area contributed by atoms with Gasteiger partial charge in [-0.2, -0.15) is 0 Å². The standard InChI is InChI=1S/C10H14N2O2/c1-10(2,3)8-6(9(13)14)4-12-5-7(8)11/h4-5H,11H2,1-3H3,(H,13,14). The maximum absolute atomic E-state index is 10.9. The van der Waals surface area contributed by atoms with Crippen molar-refractivity contribution >= 4 is 11.7 Å². The van der Waals surface area contributed by atoms with Crippen molar-refractivity contribution in [2.24, 2.45) is 0 Å². The van der Waals surface area contributed by atoms with Gasteiger partial charge in [-0.3, -0.25) is 4.98 Å². The maximum Gasteiger partial charge on any atom is 0.337 e. The van der Waals surface area contributed by atoms with Crippen LogP contribution >= 0.6 is 0 Å². The molecular weight excluding hydrogens is 180 g/mol. The smallest absolute Gasteiger partial charge is 0.337 e. The lowest BCUT2D eigenvalue weighted by Gasteiger charge is -2.22. The second-order valence-electron chi connectivity index (χ2n) is 4.21. The highest BCUT2D eigenvalue weighted by Crippen LogP contribution is 2.30. The highest BCUT2D eigenvalue weighted by Gasteiger charge is 2.24. The van der Waals surface area contributed by atoms with E-state index in [-0.39, 0.29) is 11.0 Å². The van der Waals surface area contributed by atoms with Crippen LogP contribution in [0.25, 0.3) is 0 Å². The van der Waals surface area contributed by atoms with Gasteiger partial charge in [-0.1, -0.05) is 20.8 Å². The first-order valence-corrected chi connectivity index (χ1v) is 4.31. The zero-order valence-corrected chi connectivity index (χ0v) is 8.53. The second kappa shape index (κ2) is 3.29. The van der Waals surface area contributed by atoms with Crippen molar-refractivity contribution in [3.8, 4) is 0 Å². The number of carboxylic acids is 1. The molecule has 0 saturated heterocycles. The molecule has 1 aromatic rings. The Morgan fingerprint density at radius 2 is 2.00 bits per heavy atom. The summed E-state index contributed by atoms with van der Waals surface area (Å²) in [6.45, 7) is 5.77. The molecule has 0 aliphatic rings. The quantitative estimate of drug-likeness (QED) is 0.712.